The van der Waals surface area contributed by atoms with Gasteiger partial charge in [-0.15, -0.1) is 0 Å². The van der Waals surface area contributed by atoms with Crippen LogP contribution in [0.25, 0.3) is 0 Å². The number of amides is 3. The third-order valence-electron chi connectivity index (χ3n) is 4.03. The van der Waals surface area contributed by atoms with Gasteiger partial charge in [-0.1, -0.05) is 18.2 Å². The van der Waals surface area contributed by atoms with Crippen molar-refractivity contribution < 1.29 is 24.1 Å². The van der Waals surface area contributed by atoms with E-state index in [0.29, 0.717) is 16.2 Å². The van der Waals surface area contributed by atoms with Gasteiger partial charge < -0.3 is 5.32 Å². The fourth-order valence-electron chi connectivity index (χ4n) is 2.77. The van der Waals surface area contributed by atoms with Crippen LogP contribution in [0.1, 0.15) is 38.0 Å². The Balaban J connectivity index is 1.79. The van der Waals surface area contributed by atoms with Crippen LogP contribution in [0.3, 0.4) is 0 Å². The molecule has 1 N–H and O–H groups in total. The molecule has 0 saturated heterocycles. The van der Waals surface area contributed by atoms with Crippen LogP contribution in [0.15, 0.2) is 42.5 Å². The van der Waals surface area contributed by atoms with Crippen LogP contribution in [0.4, 0.5) is 11.4 Å². The lowest BCUT2D eigenvalue weighted by Crippen LogP contribution is -2.37. The van der Waals surface area contributed by atoms with E-state index in [1.165, 1.54) is 25.1 Å². The zero-order valence-electron chi connectivity index (χ0n) is 14.1. The molecule has 1 heterocycles. The molecular weight excluding hydrogens is 354 g/mol. The lowest BCUT2D eigenvalue weighted by Gasteiger charge is -2.13. The minimum Gasteiger partial charge on any atom is -0.325 e. The Morgan fingerprint density at radius 1 is 1.11 bits per heavy atom. The highest BCUT2D eigenvalue weighted by Crippen LogP contribution is 2.30. The molecule has 0 saturated carbocycles. The number of imide groups is 1. The molecule has 3 amide bonds. The Kier molecular flexibility index (Phi) is 4.51. The smallest absolute Gasteiger partial charge is 0.282 e. The summed E-state index contributed by atoms with van der Waals surface area (Å²) >= 11 is 0. The molecule has 0 atom stereocenters. The van der Waals surface area contributed by atoms with Gasteiger partial charge in [-0.25, -0.2) is 0 Å². The number of fused-ring (bicyclic) bond motifs is 1. The van der Waals surface area contributed by atoms with Crippen LogP contribution in [0, 0.1) is 10.1 Å². The molecule has 0 unspecified atom stereocenters. The maximum atomic E-state index is 12.4. The largest absolute Gasteiger partial charge is 0.325 e. The second kappa shape index (κ2) is 6.79. The van der Waals surface area contributed by atoms with Gasteiger partial charge in [0.05, 0.1) is 10.5 Å². The van der Waals surface area contributed by atoms with Gasteiger partial charge in [-0.3, -0.25) is 34.2 Å². The lowest BCUT2D eigenvalue weighted by atomic mass is 10.1. The Bertz CT molecular complexity index is 1010. The van der Waals surface area contributed by atoms with Crippen LogP contribution < -0.4 is 5.32 Å². The molecule has 3 rings (SSSR count). The van der Waals surface area contributed by atoms with Crippen molar-refractivity contribution in [3.8, 4) is 0 Å². The van der Waals surface area contributed by atoms with Crippen LogP contribution in [-0.2, 0) is 4.79 Å². The molecule has 27 heavy (non-hydrogen) atoms. The van der Waals surface area contributed by atoms with E-state index < -0.39 is 34.9 Å². The van der Waals surface area contributed by atoms with E-state index in [9.17, 15) is 29.3 Å². The molecule has 0 aliphatic carbocycles. The van der Waals surface area contributed by atoms with Crippen molar-refractivity contribution in [2.24, 2.45) is 0 Å². The minimum atomic E-state index is -0.894. The summed E-state index contributed by atoms with van der Waals surface area (Å²) in [5.41, 5.74) is -0.193. The predicted octanol–water partition coefficient (Wildman–Crippen LogP) is 2.03. The van der Waals surface area contributed by atoms with Crippen molar-refractivity contribution >= 4 is 34.9 Å². The summed E-state index contributed by atoms with van der Waals surface area (Å²) in [6.07, 6.45) is 0. The summed E-state index contributed by atoms with van der Waals surface area (Å²) in [4.78, 5) is 59.4. The van der Waals surface area contributed by atoms with Gasteiger partial charge >= 0.3 is 0 Å². The molecule has 9 nitrogen and oxygen atoms in total. The first-order chi connectivity index (χ1) is 12.8. The standard InChI is InChI=1S/C18H13N3O6/c1-10(22)11-4-2-5-12(8-11)19-15(23)9-20-17(24)13-6-3-7-14(21(26)27)16(13)18(20)25/h2-8H,9H2,1H3,(H,19,23). The number of carbonyl (C=O) groups excluding carboxylic acids is 4. The van der Waals surface area contributed by atoms with E-state index in [2.05, 4.69) is 5.32 Å². The summed E-state index contributed by atoms with van der Waals surface area (Å²) in [6, 6.07) is 9.92. The summed E-state index contributed by atoms with van der Waals surface area (Å²) in [6.45, 7) is 0.778. The number of anilines is 1. The Hall–Kier alpha value is -3.88. The SMILES string of the molecule is CC(=O)c1cccc(NC(=O)CN2C(=O)c3cccc([N+](=O)[O-])c3C2=O)c1. The van der Waals surface area contributed by atoms with Gasteiger partial charge in [0.15, 0.2) is 5.78 Å². The highest BCUT2D eigenvalue weighted by Gasteiger charge is 2.41. The van der Waals surface area contributed by atoms with Crippen molar-refractivity contribution in [3.05, 3.63) is 69.3 Å². The number of nitro groups is 1. The number of carbonyl (C=O) groups is 4. The highest BCUT2D eigenvalue weighted by molar-refractivity contribution is 6.24. The Morgan fingerprint density at radius 2 is 1.81 bits per heavy atom. The molecule has 0 fully saturated rings. The molecule has 1 aliphatic heterocycles. The number of rotatable bonds is 5. The summed E-state index contributed by atoms with van der Waals surface area (Å²) in [7, 11) is 0. The first kappa shape index (κ1) is 17.9. The molecule has 1 aliphatic rings. The molecule has 0 bridgehead atoms. The lowest BCUT2D eigenvalue weighted by molar-refractivity contribution is -0.385. The number of ketones is 1. The topological polar surface area (TPSA) is 127 Å². The number of benzene rings is 2. The van der Waals surface area contributed by atoms with Gasteiger partial charge in [-0.05, 0) is 25.1 Å². The normalized spacial score (nSPS) is 12.7. The van der Waals surface area contributed by atoms with Gasteiger partial charge in [0.2, 0.25) is 5.91 Å². The average Bonchev–Trinajstić information content (AvgIpc) is 2.86. The zero-order valence-corrected chi connectivity index (χ0v) is 14.1. The average molecular weight is 367 g/mol. The molecule has 2 aromatic rings. The zero-order chi connectivity index (χ0) is 19.7. The third kappa shape index (κ3) is 3.30. The Labute approximate surface area is 152 Å². The van der Waals surface area contributed by atoms with Gasteiger partial charge in [0, 0.05) is 17.3 Å². The number of nitrogens with zero attached hydrogens (tertiary/aromatic N) is 2. The summed E-state index contributed by atoms with van der Waals surface area (Å²) in [5.74, 6) is -2.52. The van der Waals surface area contributed by atoms with Crippen molar-refractivity contribution in [3.63, 3.8) is 0 Å². The number of nitro benzene ring substituents is 1. The van der Waals surface area contributed by atoms with Crippen LogP contribution in [0.5, 0.6) is 0 Å². The second-order valence-electron chi connectivity index (χ2n) is 5.84. The van der Waals surface area contributed by atoms with Gasteiger partial charge in [0.1, 0.15) is 12.1 Å². The first-order valence-corrected chi connectivity index (χ1v) is 7.84. The van der Waals surface area contributed by atoms with Crippen molar-refractivity contribution in [2.45, 2.75) is 6.92 Å². The number of Topliss-reactive ketones (excluding diaryl/α,β-unsaturated/α-hetero) is 1. The maximum absolute atomic E-state index is 12.4. The Morgan fingerprint density at radius 3 is 2.48 bits per heavy atom. The number of nitrogens with one attached hydrogen (secondary N) is 1. The molecular formula is C18H13N3O6. The monoisotopic (exact) mass is 367 g/mol. The van der Waals surface area contributed by atoms with E-state index in [-0.39, 0.29) is 16.9 Å². The van der Waals surface area contributed by atoms with Crippen LogP contribution >= 0.6 is 0 Å². The number of hydrogen-bond donors (Lipinski definition) is 1. The first-order valence-electron chi connectivity index (χ1n) is 7.84. The molecule has 0 aromatic heterocycles. The predicted molar refractivity (Wildman–Crippen MR) is 93.5 cm³/mol. The molecule has 2 aromatic carbocycles. The number of hydrogen-bond acceptors (Lipinski definition) is 6. The van der Waals surface area contributed by atoms with Gasteiger partial charge in [-0.2, -0.15) is 0 Å². The van der Waals surface area contributed by atoms with E-state index in [0.717, 1.165) is 6.07 Å². The van der Waals surface area contributed by atoms with E-state index >= 15 is 0 Å². The molecule has 0 radical (unpaired) electrons. The molecule has 136 valence electrons. The van der Waals surface area contributed by atoms with E-state index in [4.69, 9.17) is 0 Å². The molecule has 0 spiro atoms. The van der Waals surface area contributed by atoms with Gasteiger partial charge in [0.25, 0.3) is 17.5 Å². The van der Waals surface area contributed by atoms with Crippen LogP contribution in [0.2, 0.25) is 0 Å². The third-order valence-corrected chi connectivity index (χ3v) is 4.03. The second-order valence-corrected chi connectivity index (χ2v) is 5.84. The fraction of sp³-hybridized carbons (Fsp3) is 0.111. The summed E-state index contributed by atoms with van der Waals surface area (Å²) in [5, 5.41) is 13.6. The molecule has 9 heteroatoms. The minimum absolute atomic E-state index is 0.111. The van der Waals surface area contributed by atoms with Crippen molar-refractivity contribution in [1.82, 2.24) is 4.90 Å². The summed E-state index contributed by atoms with van der Waals surface area (Å²) < 4.78 is 0. The van der Waals surface area contributed by atoms with E-state index in [1.54, 1.807) is 18.2 Å². The fourth-order valence-corrected chi connectivity index (χ4v) is 2.77. The van der Waals surface area contributed by atoms with Crippen molar-refractivity contribution in [1.29, 1.82) is 0 Å². The maximum Gasteiger partial charge on any atom is 0.282 e. The van der Waals surface area contributed by atoms with E-state index in [1.807, 2.05) is 0 Å². The van der Waals surface area contributed by atoms with Crippen LogP contribution in [-0.4, -0.2) is 39.9 Å². The quantitative estimate of drug-likeness (QED) is 0.373. The highest BCUT2D eigenvalue weighted by atomic mass is 16.6. The van der Waals surface area contributed by atoms with Crippen molar-refractivity contribution in [2.75, 3.05) is 11.9 Å².